The Balaban J connectivity index is 2.18. The summed E-state index contributed by atoms with van der Waals surface area (Å²) in [4.78, 5) is 0. The molecule has 1 atom stereocenters. The van der Waals surface area contributed by atoms with E-state index < -0.39 is 0 Å². The zero-order chi connectivity index (χ0) is 7.68. The fraction of sp³-hybridized carbons (Fsp3) is 0.333. The summed E-state index contributed by atoms with van der Waals surface area (Å²) in [7, 11) is 0. The molecule has 0 bridgehead atoms. The summed E-state index contributed by atoms with van der Waals surface area (Å²) in [5.41, 5.74) is 1.42. The van der Waals surface area contributed by atoms with Crippen molar-refractivity contribution in [3.8, 4) is 0 Å². The predicted molar refractivity (Wildman–Crippen MR) is 51.3 cm³/mol. The first kappa shape index (κ1) is 7.51. The third-order valence-corrected chi connectivity index (χ3v) is 3.57. The van der Waals surface area contributed by atoms with Crippen molar-refractivity contribution in [2.45, 2.75) is 11.7 Å². The fourth-order valence-electron chi connectivity index (χ4n) is 1.18. The number of hydrogen-bond acceptors (Lipinski definition) is 1. The van der Waals surface area contributed by atoms with Crippen LogP contribution in [0, 0.1) is 0 Å². The first-order valence-corrected chi connectivity index (χ1v) is 5.16. The molecule has 0 N–H and O–H groups in total. The Kier molecular flexibility index (Phi) is 2.10. The van der Waals surface area contributed by atoms with Gasteiger partial charge in [0.2, 0.25) is 0 Å². The highest BCUT2D eigenvalue weighted by atomic mass is 35.5. The standard InChI is InChI=1S/C9H9ClS/c10-8-3-1-7(2-4-8)9-5-6-11-9/h1-4,9H,5-6H2. The second-order valence-electron chi connectivity index (χ2n) is 2.70. The molecule has 0 aliphatic carbocycles. The first-order chi connectivity index (χ1) is 5.36. The molecule has 11 heavy (non-hydrogen) atoms. The summed E-state index contributed by atoms with van der Waals surface area (Å²) in [6, 6.07) is 8.18. The zero-order valence-corrected chi connectivity index (χ0v) is 7.66. The van der Waals surface area contributed by atoms with Gasteiger partial charge in [-0.1, -0.05) is 23.7 Å². The van der Waals surface area contributed by atoms with E-state index in [2.05, 4.69) is 12.1 Å². The van der Waals surface area contributed by atoms with Crippen LogP contribution in [0.5, 0.6) is 0 Å². The molecule has 1 saturated heterocycles. The highest BCUT2D eigenvalue weighted by molar-refractivity contribution is 8.00. The van der Waals surface area contributed by atoms with Gasteiger partial charge in [-0.25, -0.2) is 0 Å². The van der Waals surface area contributed by atoms with Gasteiger partial charge in [0, 0.05) is 10.3 Å². The normalized spacial score (nSPS) is 22.8. The van der Waals surface area contributed by atoms with Crippen molar-refractivity contribution < 1.29 is 0 Å². The summed E-state index contributed by atoms with van der Waals surface area (Å²) in [6.45, 7) is 0. The maximum absolute atomic E-state index is 5.77. The van der Waals surface area contributed by atoms with Crippen molar-refractivity contribution in [1.82, 2.24) is 0 Å². The molecule has 1 aliphatic heterocycles. The van der Waals surface area contributed by atoms with Crippen molar-refractivity contribution in [1.29, 1.82) is 0 Å². The average Bonchev–Trinajstić information content (AvgIpc) is 1.90. The third kappa shape index (κ3) is 1.54. The molecule has 1 heterocycles. The Bertz CT molecular complexity index is 238. The zero-order valence-electron chi connectivity index (χ0n) is 6.09. The predicted octanol–water partition coefficient (Wildman–Crippen LogP) is 3.52. The van der Waals surface area contributed by atoms with E-state index in [0.29, 0.717) is 0 Å². The summed E-state index contributed by atoms with van der Waals surface area (Å²) in [5, 5.41) is 1.57. The van der Waals surface area contributed by atoms with E-state index >= 15 is 0 Å². The molecule has 2 heteroatoms. The number of hydrogen-bond donors (Lipinski definition) is 0. The van der Waals surface area contributed by atoms with Gasteiger partial charge >= 0.3 is 0 Å². The van der Waals surface area contributed by atoms with E-state index in [1.165, 1.54) is 17.7 Å². The second-order valence-corrected chi connectivity index (χ2v) is 4.45. The minimum Gasteiger partial charge on any atom is -0.154 e. The van der Waals surface area contributed by atoms with Crippen molar-refractivity contribution in [2.75, 3.05) is 5.75 Å². The lowest BCUT2D eigenvalue weighted by Gasteiger charge is -2.25. The van der Waals surface area contributed by atoms with Crippen LogP contribution >= 0.6 is 23.4 Å². The number of thioether (sulfide) groups is 1. The molecule has 0 amide bonds. The monoisotopic (exact) mass is 184 g/mol. The molecule has 1 aliphatic rings. The molecule has 0 aromatic heterocycles. The molecule has 1 fully saturated rings. The van der Waals surface area contributed by atoms with Crippen molar-refractivity contribution in [3.63, 3.8) is 0 Å². The fourth-order valence-corrected chi connectivity index (χ4v) is 2.12. The van der Waals surface area contributed by atoms with Gasteiger partial charge < -0.3 is 0 Å². The van der Waals surface area contributed by atoms with Crippen LogP contribution in [0.25, 0.3) is 0 Å². The van der Waals surface area contributed by atoms with Gasteiger partial charge in [0.25, 0.3) is 0 Å². The lowest BCUT2D eigenvalue weighted by atomic mass is 10.1. The van der Waals surface area contributed by atoms with E-state index in [1.54, 1.807) is 0 Å². The smallest absolute Gasteiger partial charge is 0.0406 e. The molecule has 0 saturated carbocycles. The Labute approximate surface area is 75.9 Å². The molecule has 1 aromatic rings. The Morgan fingerprint density at radius 1 is 1.27 bits per heavy atom. The third-order valence-electron chi connectivity index (χ3n) is 1.94. The van der Waals surface area contributed by atoms with Crippen LogP contribution in [0.4, 0.5) is 0 Å². The van der Waals surface area contributed by atoms with Gasteiger partial charge in [-0.15, -0.1) is 0 Å². The van der Waals surface area contributed by atoms with Gasteiger partial charge in [0.05, 0.1) is 0 Å². The largest absolute Gasteiger partial charge is 0.154 e. The van der Waals surface area contributed by atoms with Crippen LogP contribution in [0.1, 0.15) is 17.2 Å². The van der Waals surface area contributed by atoms with E-state index in [9.17, 15) is 0 Å². The number of rotatable bonds is 1. The summed E-state index contributed by atoms with van der Waals surface area (Å²) >= 11 is 7.79. The van der Waals surface area contributed by atoms with Gasteiger partial charge in [-0.2, -0.15) is 11.8 Å². The van der Waals surface area contributed by atoms with E-state index in [0.717, 1.165) is 10.3 Å². The van der Waals surface area contributed by atoms with E-state index in [-0.39, 0.29) is 0 Å². The number of benzene rings is 1. The lowest BCUT2D eigenvalue weighted by molar-refractivity contribution is 0.849. The highest BCUT2D eigenvalue weighted by Crippen LogP contribution is 2.42. The highest BCUT2D eigenvalue weighted by Gasteiger charge is 2.19. The molecule has 0 spiro atoms. The quantitative estimate of drug-likeness (QED) is 0.644. The van der Waals surface area contributed by atoms with E-state index in [4.69, 9.17) is 11.6 Å². The van der Waals surface area contributed by atoms with Gasteiger partial charge in [0.1, 0.15) is 0 Å². The Morgan fingerprint density at radius 3 is 2.36 bits per heavy atom. The molecule has 58 valence electrons. The molecule has 0 nitrogen and oxygen atoms in total. The topological polar surface area (TPSA) is 0 Å². The Morgan fingerprint density at radius 2 is 1.91 bits per heavy atom. The second kappa shape index (κ2) is 3.08. The SMILES string of the molecule is Clc1ccc(C2CCS2)cc1. The van der Waals surface area contributed by atoms with Crippen LogP contribution in [0.2, 0.25) is 5.02 Å². The first-order valence-electron chi connectivity index (χ1n) is 3.73. The Hall–Kier alpha value is -0.140. The number of halogens is 1. The van der Waals surface area contributed by atoms with Gasteiger partial charge in [-0.05, 0) is 29.9 Å². The van der Waals surface area contributed by atoms with Gasteiger partial charge in [0.15, 0.2) is 0 Å². The average molecular weight is 185 g/mol. The maximum atomic E-state index is 5.77. The summed E-state index contributed by atoms with van der Waals surface area (Å²) in [5.74, 6) is 1.31. The van der Waals surface area contributed by atoms with Crippen LogP contribution in [0.15, 0.2) is 24.3 Å². The molecular formula is C9H9ClS. The molecule has 1 unspecified atom stereocenters. The van der Waals surface area contributed by atoms with Crippen LogP contribution in [-0.4, -0.2) is 5.75 Å². The molecule has 1 aromatic carbocycles. The minimum atomic E-state index is 0.743. The van der Waals surface area contributed by atoms with Crippen LogP contribution < -0.4 is 0 Å². The van der Waals surface area contributed by atoms with Crippen molar-refractivity contribution in [2.24, 2.45) is 0 Å². The van der Waals surface area contributed by atoms with Crippen LogP contribution in [-0.2, 0) is 0 Å². The minimum absolute atomic E-state index is 0.743. The lowest BCUT2D eigenvalue weighted by Crippen LogP contribution is -2.06. The molecular weight excluding hydrogens is 176 g/mol. The summed E-state index contributed by atoms with van der Waals surface area (Å²) < 4.78 is 0. The summed E-state index contributed by atoms with van der Waals surface area (Å²) in [6.07, 6.45) is 1.33. The maximum Gasteiger partial charge on any atom is 0.0406 e. The molecule has 2 rings (SSSR count). The van der Waals surface area contributed by atoms with Crippen LogP contribution in [0.3, 0.4) is 0 Å². The van der Waals surface area contributed by atoms with Gasteiger partial charge in [-0.3, -0.25) is 0 Å². The van der Waals surface area contributed by atoms with E-state index in [1.807, 2.05) is 23.9 Å². The van der Waals surface area contributed by atoms with Crippen molar-refractivity contribution in [3.05, 3.63) is 34.9 Å². The van der Waals surface area contributed by atoms with Crippen molar-refractivity contribution >= 4 is 23.4 Å². The molecule has 0 radical (unpaired) electrons.